The molecule has 4 heterocycles. The van der Waals surface area contributed by atoms with Crippen LogP contribution in [-0.2, 0) is 125 Å². The van der Waals surface area contributed by atoms with E-state index in [4.69, 9.17) is 0 Å². The number of amides is 2. The number of allylic oxidation sites excluding steroid dienone is 10. The molecule has 4 aliphatic rings. The molecule has 0 fully saturated rings. The summed E-state index contributed by atoms with van der Waals surface area (Å²) in [4.78, 5) is 38.7. The molecule has 11 N–H and O–H groups in total. The normalized spacial score (nSPS) is 17.8. The van der Waals surface area contributed by atoms with E-state index in [0.717, 1.165) is 46.0 Å². The standard InChI is InChI=1S/C85H98N6O28S8/c1-82(2)65-47-56(29-35-67(65)89(42-19-45-121(99,100)101)73(82)23-17-24-74-83(3,4)66-50-58(123(105,106)107)32-36-68(66)88(74)40-16-10-14-26-78(93)94)54-87-81(95)57-30-27-55(28-31-57)53-86-77(92)25-13-9-15-41-90-69-37-33-61-63(48-59(124(108,109)110)51-71(61)126(114,115)116)79(69)84(5,6)75(90)21-11-8-12-22-76-85(7,39-18-44-120(96,97)98)80-64-49-60(125(111,112)113)52-72(127(117,118)119)62(64)34-38-70(80)91(76)43-20-46-122(102,103)104/h8,11-12,17,21-24,27-38,47-52H,9-10,13-16,18-20,25-26,39-46,53-54H2,1-7H3,(H9-2,86,87,92,93,94,95,96,97,98,99,100,101,102,103,104,105,106,107,108,109,110,111,112,113,114,115,116,117,118,119)/p+2. The minimum absolute atomic E-state index is 0.00763. The zero-order valence-electron chi connectivity index (χ0n) is 70.2. The number of aliphatic carboxylic acids is 1. The van der Waals surface area contributed by atoms with Crippen LogP contribution in [-0.4, -0.2) is 191 Å². The number of carboxylic acid groups (broad SMARTS) is 1. The maximum Gasteiger partial charge on any atom is 0.303 e. The number of anilines is 2. The maximum absolute atomic E-state index is 13.8. The Morgan fingerprint density at radius 1 is 0.402 bits per heavy atom. The summed E-state index contributed by atoms with van der Waals surface area (Å²) in [5.74, 6) is -3.67. The lowest BCUT2D eigenvalue weighted by Crippen LogP contribution is -2.32. The number of carbonyl (C=O) groups is 3. The second-order valence-corrected chi connectivity index (χ2v) is 45.3. The average molecular weight is 1910 g/mol. The van der Waals surface area contributed by atoms with E-state index < -0.39 is 151 Å². The summed E-state index contributed by atoms with van der Waals surface area (Å²) in [5, 5.41) is 14.7. The highest BCUT2D eigenvalue weighted by Gasteiger charge is 2.51. The number of nitrogens with zero attached hydrogens (tertiary/aromatic N) is 4. The van der Waals surface area contributed by atoms with Crippen LogP contribution in [0.4, 0.5) is 22.7 Å². The van der Waals surface area contributed by atoms with Crippen molar-refractivity contribution in [1.29, 1.82) is 0 Å². The van der Waals surface area contributed by atoms with Crippen molar-refractivity contribution in [2.75, 3.05) is 53.2 Å². The van der Waals surface area contributed by atoms with E-state index in [1.807, 2.05) is 73.6 Å². The molecule has 0 saturated carbocycles. The molecular formula is C85H100N6O28S8+2. The summed E-state index contributed by atoms with van der Waals surface area (Å²) in [5.41, 5.74) is 4.09. The highest BCUT2D eigenvalue weighted by Crippen LogP contribution is 2.54. The van der Waals surface area contributed by atoms with Crippen molar-refractivity contribution in [1.82, 2.24) is 10.6 Å². The fourth-order valence-electron chi connectivity index (χ4n) is 17.5. The quantitative estimate of drug-likeness (QED) is 0.00738. The van der Waals surface area contributed by atoms with Crippen molar-refractivity contribution < 1.29 is 132 Å². The van der Waals surface area contributed by atoms with Crippen LogP contribution in [0.15, 0.2) is 194 Å². The molecule has 7 aromatic carbocycles. The monoisotopic (exact) mass is 1910 g/mol. The first-order valence-corrected chi connectivity index (χ1v) is 52.2. The van der Waals surface area contributed by atoms with E-state index in [9.17, 15) is 123 Å². The van der Waals surface area contributed by atoms with Gasteiger partial charge in [0, 0.05) is 137 Å². The molecule has 1 unspecified atom stereocenters. The first kappa shape index (κ1) is 98.0. The summed E-state index contributed by atoms with van der Waals surface area (Å²) >= 11 is 0. The van der Waals surface area contributed by atoms with Gasteiger partial charge in [0.1, 0.15) is 22.9 Å². The Bertz CT molecular complexity index is 6880. The highest BCUT2D eigenvalue weighted by molar-refractivity contribution is 7.88. The smallest absolute Gasteiger partial charge is 0.303 e. The molecular weight excluding hydrogens is 1810 g/mol. The number of benzene rings is 7. The Balaban J connectivity index is 0.781. The Morgan fingerprint density at radius 3 is 1.43 bits per heavy atom. The van der Waals surface area contributed by atoms with Gasteiger partial charge in [-0.1, -0.05) is 89.1 Å². The van der Waals surface area contributed by atoms with Gasteiger partial charge in [0.2, 0.25) is 17.3 Å². The lowest BCUT2D eigenvalue weighted by molar-refractivity contribution is -0.437. The number of carboxylic acids is 1. The summed E-state index contributed by atoms with van der Waals surface area (Å²) in [6.45, 7) is 13.9. The van der Waals surface area contributed by atoms with Gasteiger partial charge in [-0.3, -0.25) is 50.8 Å². The van der Waals surface area contributed by atoms with Crippen LogP contribution in [0.1, 0.15) is 169 Å². The van der Waals surface area contributed by atoms with Gasteiger partial charge in [-0.15, -0.1) is 0 Å². The van der Waals surface area contributed by atoms with Crippen LogP contribution in [0, 0.1) is 0 Å². The Kier molecular flexibility index (Phi) is 28.6. The molecule has 11 rings (SSSR count). The molecule has 1 atom stereocenters. The zero-order valence-corrected chi connectivity index (χ0v) is 76.7. The Morgan fingerprint density at radius 2 is 0.882 bits per heavy atom. The number of hydrogen-bond acceptors (Lipinski definition) is 21. The topological polar surface area (TPSA) is 543 Å². The minimum Gasteiger partial charge on any atom is -0.481 e. The predicted molar refractivity (Wildman–Crippen MR) is 476 cm³/mol. The molecule has 0 aliphatic carbocycles. The van der Waals surface area contributed by atoms with Crippen LogP contribution in [0.25, 0.3) is 21.5 Å². The number of carbonyl (C=O) groups excluding carboxylic acids is 2. The van der Waals surface area contributed by atoms with Gasteiger partial charge >= 0.3 is 5.97 Å². The van der Waals surface area contributed by atoms with Gasteiger partial charge < -0.3 is 25.5 Å². The third kappa shape index (κ3) is 22.5. The molecule has 34 nitrogen and oxygen atoms in total. The van der Waals surface area contributed by atoms with Crippen molar-refractivity contribution in [2.24, 2.45) is 0 Å². The third-order valence-corrected chi connectivity index (χ3v) is 30.2. The molecule has 684 valence electrons. The second kappa shape index (κ2) is 37.1. The molecule has 0 bridgehead atoms. The largest absolute Gasteiger partial charge is 0.481 e. The van der Waals surface area contributed by atoms with E-state index in [2.05, 4.69) is 15.5 Å². The summed E-state index contributed by atoms with van der Waals surface area (Å²) in [7, 11) is -38.8. The van der Waals surface area contributed by atoms with Crippen LogP contribution in [0.5, 0.6) is 0 Å². The molecule has 127 heavy (non-hydrogen) atoms. The van der Waals surface area contributed by atoms with E-state index in [1.54, 1.807) is 86.0 Å². The van der Waals surface area contributed by atoms with Crippen LogP contribution in [0.3, 0.4) is 0 Å². The van der Waals surface area contributed by atoms with Crippen molar-refractivity contribution in [3.05, 3.63) is 208 Å². The maximum atomic E-state index is 13.8. The molecule has 7 aromatic rings. The molecule has 0 spiro atoms. The van der Waals surface area contributed by atoms with Gasteiger partial charge in [0.15, 0.2) is 11.4 Å². The van der Waals surface area contributed by atoms with Crippen molar-refractivity contribution in [2.45, 2.75) is 185 Å². The van der Waals surface area contributed by atoms with Gasteiger partial charge in [0.25, 0.3) is 86.9 Å². The number of fused-ring (bicyclic) bond motifs is 8. The zero-order chi connectivity index (χ0) is 93.5. The van der Waals surface area contributed by atoms with Gasteiger partial charge in [-0.05, 0) is 177 Å². The fraction of sp³-hybridized carbons (Fsp3) is 0.376. The lowest BCUT2D eigenvalue weighted by atomic mass is 9.74. The number of hydrogen-bond donors (Lipinski definition) is 11. The molecule has 42 heteroatoms. The summed E-state index contributed by atoms with van der Waals surface area (Å²) in [6.07, 6.45) is 15.9. The Hall–Kier alpha value is -9.61. The van der Waals surface area contributed by atoms with Gasteiger partial charge in [-0.2, -0.15) is 76.5 Å². The lowest BCUT2D eigenvalue weighted by Gasteiger charge is -2.27. The van der Waals surface area contributed by atoms with Gasteiger partial charge in [-0.25, -0.2) is 0 Å². The minimum atomic E-state index is -5.24. The SMILES string of the molecule is CC1(C)C(/C=C/C=C2/N(CCCCCC(=O)O)c3ccc(S(=O)(=O)O)cc3C2(C)C)=[N+](CCCS(=O)(=O)O)c2ccc(CNC(=O)c3ccc(CNC(=O)CCCCCN4/C(=C/C=C/C=C/C5=[N+](CCCS(=O)(=O)O)c6ccc7c(S(=O)(=O)O)cc(S(=O)(=O)O)cc7c6C5(C)CCCS(=O)(=O)O)C(C)(C)c5c4ccc4c(S(=O)(=O)O)cc(S(=O)(=O)O)cc54)cc3)cc21. The number of nitrogens with one attached hydrogen (secondary N) is 2. The summed E-state index contributed by atoms with van der Waals surface area (Å²) in [6, 6.07) is 25.5. The highest BCUT2D eigenvalue weighted by atomic mass is 32.2. The van der Waals surface area contributed by atoms with E-state index in [1.165, 1.54) is 36.4 Å². The first-order chi connectivity index (χ1) is 58.8. The van der Waals surface area contributed by atoms with Crippen LogP contribution >= 0.6 is 0 Å². The van der Waals surface area contributed by atoms with E-state index in [0.29, 0.717) is 90.8 Å². The molecule has 4 aliphatic heterocycles. The Labute approximate surface area is 738 Å². The summed E-state index contributed by atoms with van der Waals surface area (Å²) < 4.78 is 284. The van der Waals surface area contributed by atoms with Gasteiger partial charge in [0.05, 0.1) is 42.8 Å². The van der Waals surface area contributed by atoms with Crippen molar-refractivity contribution in [3.8, 4) is 0 Å². The predicted octanol–water partition coefficient (Wildman–Crippen LogP) is 11.7. The van der Waals surface area contributed by atoms with Crippen LogP contribution < -0.4 is 20.4 Å². The van der Waals surface area contributed by atoms with Crippen LogP contribution in [0.2, 0.25) is 0 Å². The number of unbranched alkanes of at least 4 members (excludes halogenated alkanes) is 4. The first-order valence-electron chi connectivity index (χ1n) is 40.2. The fourth-order valence-corrected chi connectivity index (χ4v) is 22.2. The van der Waals surface area contributed by atoms with Crippen molar-refractivity contribution >= 4 is 154 Å². The molecule has 0 radical (unpaired) electrons. The third-order valence-electron chi connectivity index (χ3n) is 23.5. The van der Waals surface area contributed by atoms with Crippen molar-refractivity contribution in [3.63, 3.8) is 0 Å². The molecule has 0 aromatic heterocycles. The molecule has 0 saturated heterocycles. The van der Waals surface area contributed by atoms with E-state index >= 15 is 0 Å². The second-order valence-electron chi connectivity index (χ2n) is 33.5. The average Bonchev–Trinajstić information content (AvgIpc) is 1.57. The van der Waals surface area contributed by atoms with E-state index in [-0.39, 0.29) is 121 Å². The molecule has 2 amide bonds. The number of rotatable bonds is 39.